The summed E-state index contributed by atoms with van der Waals surface area (Å²) in [6, 6.07) is 0. The molecule has 0 amide bonds. The fourth-order valence-corrected chi connectivity index (χ4v) is 8.43. The highest BCUT2D eigenvalue weighted by Crippen LogP contribution is 2.70. The third kappa shape index (κ3) is 2.83. The van der Waals surface area contributed by atoms with Gasteiger partial charge in [0.1, 0.15) is 0 Å². The molecule has 6 atom stereocenters. The highest BCUT2D eigenvalue weighted by Gasteiger charge is 2.62. The number of carboxylic acid groups (broad SMARTS) is 1. The number of rotatable bonds is 2. The van der Waals surface area contributed by atoms with Gasteiger partial charge in [0.2, 0.25) is 0 Å². The molecule has 150 valence electrons. The number of ketones is 1. The lowest BCUT2D eigenvalue weighted by Crippen LogP contribution is -2.59. The van der Waals surface area contributed by atoms with Gasteiger partial charge in [-0.05, 0) is 78.4 Å². The first-order valence-corrected chi connectivity index (χ1v) is 11.0. The van der Waals surface area contributed by atoms with Gasteiger partial charge < -0.3 is 5.11 Å². The summed E-state index contributed by atoms with van der Waals surface area (Å²) in [5, 5.41) is 9.14. The Morgan fingerprint density at radius 1 is 1.04 bits per heavy atom. The molecule has 4 unspecified atom stereocenters. The van der Waals surface area contributed by atoms with Gasteiger partial charge in [-0.1, -0.05) is 40.2 Å². The van der Waals surface area contributed by atoms with Crippen LogP contribution in [0, 0.1) is 39.9 Å². The second kappa shape index (κ2) is 6.19. The van der Waals surface area contributed by atoms with E-state index in [1.807, 2.05) is 0 Å². The van der Waals surface area contributed by atoms with Crippen molar-refractivity contribution in [3.05, 3.63) is 11.6 Å². The Labute approximate surface area is 164 Å². The van der Waals surface area contributed by atoms with Crippen molar-refractivity contribution in [1.29, 1.82) is 0 Å². The minimum absolute atomic E-state index is 0.0942. The molecular formula is C24H36O3. The third-order valence-electron chi connectivity index (χ3n) is 9.51. The molecule has 0 heterocycles. The summed E-state index contributed by atoms with van der Waals surface area (Å²) < 4.78 is 0. The zero-order valence-corrected chi connectivity index (χ0v) is 17.5. The lowest BCUT2D eigenvalue weighted by molar-refractivity contribution is -0.174. The third-order valence-corrected chi connectivity index (χ3v) is 9.51. The average molecular weight is 373 g/mol. The maximum absolute atomic E-state index is 12.7. The van der Waals surface area contributed by atoms with E-state index in [0.717, 1.165) is 12.3 Å². The van der Waals surface area contributed by atoms with E-state index < -0.39 is 5.97 Å². The number of hydrogen-bond donors (Lipinski definition) is 1. The monoisotopic (exact) mass is 372 g/mol. The van der Waals surface area contributed by atoms with E-state index in [2.05, 4.69) is 33.8 Å². The van der Waals surface area contributed by atoms with E-state index in [9.17, 15) is 9.59 Å². The highest BCUT2D eigenvalue weighted by atomic mass is 16.4. The molecule has 0 aromatic carbocycles. The van der Waals surface area contributed by atoms with E-state index in [1.54, 1.807) is 0 Å². The van der Waals surface area contributed by atoms with Crippen LogP contribution in [0.2, 0.25) is 0 Å². The average Bonchev–Trinajstić information content (AvgIpc) is 2.54. The molecule has 3 heteroatoms. The van der Waals surface area contributed by atoms with Crippen LogP contribution in [-0.2, 0) is 9.59 Å². The van der Waals surface area contributed by atoms with E-state index in [4.69, 9.17) is 5.11 Å². The number of aliphatic carboxylic acids is 1. The standard InChI is InChI=1S/C24H36O3/c1-22(2)9-5-10-24(4)19(22)8-11-23(3)17-14-18(25)16(13-21(26)27)12-15(17)6-7-20(23)24/h12,15,17,19-20H,5-11,13-14H2,1-4H3,(H,26,27)/t15?,17?,19?,20?,23-,24-/m0/s1. The molecule has 3 fully saturated rings. The second-order valence-corrected chi connectivity index (χ2v) is 11.2. The summed E-state index contributed by atoms with van der Waals surface area (Å²) in [7, 11) is 0. The number of Topliss-reactive ketones (excluding diaryl/α,β-unsaturated/α-hetero) is 1. The molecule has 4 rings (SSSR count). The maximum atomic E-state index is 12.7. The van der Waals surface area contributed by atoms with Crippen LogP contribution >= 0.6 is 0 Å². The Bertz CT molecular complexity index is 690. The Hall–Kier alpha value is -1.12. The maximum Gasteiger partial charge on any atom is 0.307 e. The fourth-order valence-electron chi connectivity index (χ4n) is 8.43. The lowest BCUT2D eigenvalue weighted by atomic mass is 9.38. The number of fused-ring (bicyclic) bond motifs is 5. The zero-order chi connectivity index (χ0) is 19.6. The van der Waals surface area contributed by atoms with Crippen molar-refractivity contribution in [2.75, 3.05) is 0 Å². The Morgan fingerprint density at radius 2 is 1.78 bits per heavy atom. The van der Waals surface area contributed by atoms with E-state index >= 15 is 0 Å². The van der Waals surface area contributed by atoms with Crippen LogP contribution < -0.4 is 0 Å². The van der Waals surface area contributed by atoms with Gasteiger partial charge in [-0.2, -0.15) is 0 Å². The number of carbonyl (C=O) groups is 2. The molecule has 4 aliphatic rings. The molecule has 27 heavy (non-hydrogen) atoms. The first kappa shape index (κ1) is 19.2. The van der Waals surface area contributed by atoms with Crippen molar-refractivity contribution in [3.8, 4) is 0 Å². The predicted octanol–water partition coefficient (Wildman–Crippen LogP) is 5.64. The number of carboxylic acids is 1. The van der Waals surface area contributed by atoms with Crippen LogP contribution in [0.1, 0.15) is 85.5 Å². The van der Waals surface area contributed by atoms with Gasteiger partial charge in [-0.25, -0.2) is 0 Å². The van der Waals surface area contributed by atoms with E-state index in [0.29, 0.717) is 40.6 Å². The van der Waals surface area contributed by atoms with Gasteiger partial charge in [0.25, 0.3) is 0 Å². The van der Waals surface area contributed by atoms with Crippen molar-refractivity contribution < 1.29 is 14.7 Å². The van der Waals surface area contributed by atoms with Crippen LogP contribution in [0.4, 0.5) is 0 Å². The normalized spacial score (nSPS) is 45.9. The molecule has 0 aliphatic heterocycles. The number of hydrogen-bond acceptors (Lipinski definition) is 2. The van der Waals surface area contributed by atoms with Crippen LogP contribution in [0.25, 0.3) is 0 Å². The van der Waals surface area contributed by atoms with Gasteiger partial charge in [0, 0.05) is 12.0 Å². The topological polar surface area (TPSA) is 54.4 Å². The van der Waals surface area contributed by atoms with E-state index in [-0.39, 0.29) is 17.6 Å². The smallest absolute Gasteiger partial charge is 0.307 e. The Morgan fingerprint density at radius 3 is 2.48 bits per heavy atom. The fraction of sp³-hybridized carbons (Fsp3) is 0.833. The van der Waals surface area contributed by atoms with Gasteiger partial charge in [0.15, 0.2) is 5.78 Å². The number of carbonyl (C=O) groups excluding carboxylic acids is 1. The highest BCUT2D eigenvalue weighted by molar-refractivity contribution is 5.99. The van der Waals surface area contributed by atoms with Crippen molar-refractivity contribution in [1.82, 2.24) is 0 Å². The SMILES string of the molecule is CC1(C)CCC[C@@]2(C)C1CC[C@@]1(C)C3CC(=O)C(CC(=O)O)=CC3CCC12. The first-order chi connectivity index (χ1) is 12.6. The van der Waals surface area contributed by atoms with Crippen LogP contribution in [0.5, 0.6) is 0 Å². The van der Waals surface area contributed by atoms with Crippen LogP contribution in [0.3, 0.4) is 0 Å². The van der Waals surface area contributed by atoms with Crippen molar-refractivity contribution in [2.24, 2.45) is 39.9 Å². The molecule has 0 aromatic heterocycles. The molecule has 0 aromatic rings. The summed E-state index contributed by atoms with van der Waals surface area (Å²) in [5.74, 6) is 1.51. The molecule has 0 bridgehead atoms. The Kier molecular flexibility index (Phi) is 4.40. The predicted molar refractivity (Wildman–Crippen MR) is 106 cm³/mol. The van der Waals surface area contributed by atoms with Gasteiger partial charge in [-0.3, -0.25) is 9.59 Å². The molecular weight excluding hydrogens is 336 g/mol. The molecule has 0 spiro atoms. The number of allylic oxidation sites excluding steroid dienone is 1. The van der Waals surface area contributed by atoms with Crippen molar-refractivity contribution in [2.45, 2.75) is 85.5 Å². The molecule has 1 N–H and O–H groups in total. The zero-order valence-electron chi connectivity index (χ0n) is 17.5. The van der Waals surface area contributed by atoms with Gasteiger partial charge in [0.05, 0.1) is 6.42 Å². The molecule has 0 saturated heterocycles. The molecule has 0 radical (unpaired) electrons. The summed E-state index contributed by atoms with van der Waals surface area (Å²) in [5.41, 5.74) is 1.61. The molecule has 3 saturated carbocycles. The lowest BCUT2D eigenvalue weighted by Gasteiger charge is -2.67. The Balaban J connectivity index is 1.66. The van der Waals surface area contributed by atoms with Gasteiger partial charge in [-0.15, -0.1) is 0 Å². The molecule has 3 nitrogen and oxygen atoms in total. The van der Waals surface area contributed by atoms with Gasteiger partial charge >= 0.3 is 5.97 Å². The summed E-state index contributed by atoms with van der Waals surface area (Å²) in [6.45, 7) is 10.0. The summed E-state index contributed by atoms with van der Waals surface area (Å²) in [4.78, 5) is 23.9. The van der Waals surface area contributed by atoms with Crippen molar-refractivity contribution >= 4 is 11.8 Å². The summed E-state index contributed by atoms with van der Waals surface area (Å²) in [6.07, 6.45) is 11.5. The minimum atomic E-state index is -0.884. The van der Waals surface area contributed by atoms with E-state index in [1.165, 1.54) is 38.5 Å². The van der Waals surface area contributed by atoms with Crippen LogP contribution in [0.15, 0.2) is 11.6 Å². The second-order valence-electron chi connectivity index (χ2n) is 11.2. The largest absolute Gasteiger partial charge is 0.481 e. The first-order valence-electron chi connectivity index (χ1n) is 11.0. The van der Waals surface area contributed by atoms with Crippen molar-refractivity contribution in [3.63, 3.8) is 0 Å². The molecule has 4 aliphatic carbocycles. The minimum Gasteiger partial charge on any atom is -0.481 e. The summed E-state index contributed by atoms with van der Waals surface area (Å²) >= 11 is 0. The quantitative estimate of drug-likeness (QED) is 0.683. The van der Waals surface area contributed by atoms with Crippen LogP contribution in [-0.4, -0.2) is 16.9 Å².